The first kappa shape index (κ1) is 74.6. The van der Waals surface area contributed by atoms with Crippen LogP contribution in [0.4, 0.5) is 0 Å². The molecule has 0 aliphatic heterocycles. The summed E-state index contributed by atoms with van der Waals surface area (Å²) < 4.78 is 0. The van der Waals surface area contributed by atoms with Crippen molar-refractivity contribution < 1.29 is 71.8 Å². The van der Waals surface area contributed by atoms with Crippen LogP contribution in [-0.2, 0) is 14.4 Å². The summed E-state index contributed by atoms with van der Waals surface area (Å²) in [5.41, 5.74) is 17.6. The molecule has 0 saturated heterocycles. The number of nitrogens with two attached hydrogens (primary N) is 2. The Hall–Kier alpha value is -3.30. The van der Waals surface area contributed by atoms with Crippen molar-refractivity contribution in [1.29, 1.82) is 0 Å². The number of aliphatic carboxylic acids is 3. The second-order valence-electron chi connectivity index (χ2n) is 16.3. The number of carboxylic acids is 3. The van der Waals surface area contributed by atoms with Gasteiger partial charge in [-0.3, -0.25) is 0 Å². The number of carbonyl (C=O) groups excluding carboxylic acids is 3. The van der Waals surface area contributed by atoms with E-state index in [1.807, 2.05) is 24.3 Å². The van der Waals surface area contributed by atoms with Gasteiger partial charge in [0.1, 0.15) is 0 Å². The number of aliphatic hydroxyl groups excluding tert-OH is 6. The fraction of sp³-hybridized carbons (Fsp3) is 0.635. The Balaban J connectivity index is -0.000000283. The summed E-state index contributed by atoms with van der Waals surface area (Å²) in [6.45, 7) is 8.00. The maximum atomic E-state index is 10.3. The van der Waals surface area contributed by atoms with Gasteiger partial charge in [-0.25, -0.2) is 0 Å². The van der Waals surface area contributed by atoms with E-state index in [0.29, 0.717) is 19.3 Å². The van der Waals surface area contributed by atoms with Gasteiger partial charge in [0.25, 0.3) is 0 Å². The van der Waals surface area contributed by atoms with Crippen LogP contribution in [0.5, 0.6) is 0 Å². The molecular weight excluding hydrogens is 897 g/mol. The maximum Gasteiger partial charge on any atom is 2.00 e. The van der Waals surface area contributed by atoms with Crippen LogP contribution in [0.15, 0.2) is 97.2 Å². The van der Waals surface area contributed by atoms with Gasteiger partial charge in [0.2, 0.25) is 0 Å². The molecule has 0 spiro atoms. The molecule has 0 radical (unpaired) electrons. The first-order valence-corrected chi connectivity index (χ1v) is 24.6. The van der Waals surface area contributed by atoms with Crippen LogP contribution in [0.3, 0.4) is 0 Å². The average molecular weight is 991 g/mol. The molecular formula is C52H93MgN4O12+. The number of quaternary nitrogens is 2. The number of unbranched alkanes of at least 4 members (excludes halogenated alkanes) is 7. The predicted molar refractivity (Wildman–Crippen MR) is 271 cm³/mol. The molecule has 16 nitrogen and oxygen atoms in total. The van der Waals surface area contributed by atoms with Crippen LogP contribution in [0.25, 0.3) is 0 Å². The number of allylic oxidation sites excluding steroid dienone is 12. The molecule has 0 fully saturated rings. The summed E-state index contributed by atoms with van der Waals surface area (Å²) in [6.07, 6.45) is 39.4. The van der Waals surface area contributed by atoms with Gasteiger partial charge in [0, 0.05) is 18.1 Å². The number of rotatable bonds is 37. The van der Waals surface area contributed by atoms with Crippen molar-refractivity contribution in [3.63, 3.8) is 0 Å². The van der Waals surface area contributed by atoms with Gasteiger partial charge in [-0.05, 0) is 77.0 Å². The fourth-order valence-corrected chi connectivity index (χ4v) is 5.44. The summed E-state index contributed by atoms with van der Waals surface area (Å²) >= 11 is 0. The molecule has 0 unspecified atom stereocenters. The zero-order valence-corrected chi connectivity index (χ0v) is 43.7. The van der Waals surface area contributed by atoms with E-state index < -0.39 is 60.5 Å². The minimum absolute atomic E-state index is 0. The molecule has 0 aromatic rings. The Kier molecular flexibility index (Phi) is 62.0. The normalized spacial score (nSPS) is 15.3. The zero-order chi connectivity index (χ0) is 52.2. The van der Waals surface area contributed by atoms with E-state index in [1.165, 1.54) is 12.5 Å². The van der Waals surface area contributed by atoms with Crippen molar-refractivity contribution in [3.8, 4) is 0 Å². The summed E-state index contributed by atoms with van der Waals surface area (Å²) in [5, 5.41) is 88.4. The van der Waals surface area contributed by atoms with E-state index in [2.05, 4.69) is 32.2 Å². The van der Waals surface area contributed by atoms with Crippen molar-refractivity contribution in [2.24, 2.45) is 11.5 Å². The Morgan fingerprint density at radius 1 is 0.435 bits per heavy atom. The van der Waals surface area contributed by atoms with Gasteiger partial charge in [-0.1, -0.05) is 169 Å². The van der Waals surface area contributed by atoms with Crippen molar-refractivity contribution in [3.05, 3.63) is 97.2 Å². The number of carbonyl (C=O) groups is 3. The van der Waals surface area contributed by atoms with E-state index in [1.54, 1.807) is 66.8 Å². The number of carboxylic acid groups (broad SMARTS) is 3. The molecule has 0 heterocycles. The predicted octanol–water partition coefficient (Wildman–Crippen LogP) is 0.430. The average Bonchev–Trinajstić information content (AvgIpc) is 3.30. The minimum atomic E-state index is -1.16. The molecule has 0 amide bonds. The minimum Gasteiger partial charge on any atom is -0.550 e. The van der Waals surface area contributed by atoms with E-state index in [0.717, 1.165) is 96.6 Å². The Bertz CT molecular complexity index is 1400. The summed E-state index contributed by atoms with van der Waals surface area (Å²) in [4.78, 5) is 30.3. The van der Waals surface area contributed by atoms with Crippen molar-refractivity contribution in [2.75, 3.05) is 13.1 Å². The van der Waals surface area contributed by atoms with Crippen LogP contribution in [0, 0.1) is 0 Å². The van der Waals surface area contributed by atoms with Crippen LogP contribution >= 0.6 is 0 Å². The SMILES string of the molecule is CCCCC[C@H](O)/C=C/C=C\C=C\C=C\[C@@H](O)[C@@H](O)CCCC.CCCCC[C@H](O)/C=C/C=C\C=C\C=C\[C@@H](O)[C@@H](O)CCCC(=O)[O-].N[C@@H](CCCC[NH3+])C(=O)[O-].N[C@@H](CCCC[NH3+])C(=O)[O-].[Mg+2]. The topological polar surface area (TPSA) is 349 Å². The molecule has 16 N–H and O–H groups in total. The number of aliphatic hydroxyl groups is 6. The second kappa shape index (κ2) is 57.3. The quantitative estimate of drug-likeness (QED) is 0.0229. The van der Waals surface area contributed by atoms with E-state index in [4.69, 9.17) is 11.5 Å². The smallest absolute Gasteiger partial charge is 0.550 e. The van der Waals surface area contributed by atoms with Crippen LogP contribution in [-0.4, -0.2) is 133 Å². The van der Waals surface area contributed by atoms with Crippen LogP contribution < -0.4 is 38.3 Å². The molecule has 394 valence electrons. The number of hydrogen-bond donors (Lipinski definition) is 10. The van der Waals surface area contributed by atoms with Crippen LogP contribution in [0.1, 0.15) is 149 Å². The third-order valence-electron chi connectivity index (χ3n) is 9.76. The number of hydrogen-bond acceptors (Lipinski definition) is 14. The van der Waals surface area contributed by atoms with Gasteiger partial charge < -0.3 is 83.3 Å². The summed E-state index contributed by atoms with van der Waals surface area (Å²) in [5.74, 6) is -3.48. The Morgan fingerprint density at radius 2 is 0.739 bits per heavy atom. The molecule has 0 aliphatic rings. The molecule has 69 heavy (non-hydrogen) atoms. The van der Waals surface area contributed by atoms with Gasteiger partial charge in [0.15, 0.2) is 0 Å². The first-order valence-electron chi connectivity index (χ1n) is 24.6. The second-order valence-corrected chi connectivity index (χ2v) is 16.3. The zero-order valence-electron chi connectivity index (χ0n) is 42.3. The van der Waals surface area contributed by atoms with Gasteiger partial charge in [-0.15, -0.1) is 0 Å². The molecule has 0 bridgehead atoms. The summed E-state index contributed by atoms with van der Waals surface area (Å²) in [7, 11) is 0. The molecule has 0 aromatic heterocycles. The van der Waals surface area contributed by atoms with Gasteiger partial charge >= 0.3 is 23.1 Å². The van der Waals surface area contributed by atoms with Crippen LogP contribution in [0.2, 0.25) is 0 Å². The molecule has 0 rings (SSSR count). The van der Waals surface area contributed by atoms with Crippen molar-refractivity contribution in [1.82, 2.24) is 0 Å². The van der Waals surface area contributed by atoms with E-state index in [-0.39, 0.29) is 48.4 Å². The summed E-state index contributed by atoms with van der Waals surface area (Å²) in [6, 6.07) is -1.60. The molecule has 0 saturated carbocycles. The van der Waals surface area contributed by atoms with Crippen molar-refractivity contribution in [2.45, 2.75) is 198 Å². The molecule has 8 atom stereocenters. The van der Waals surface area contributed by atoms with E-state index >= 15 is 0 Å². The molecule has 0 aromatic carbocycles. The fourth-order valence-electron chi connectivity index (χ4n) is 5.44. The molecule has 17 heteroatoms. The Morgan fingerprint density at radius 3 is 1.04 bits per heavy atom. The largest absolute Gasteiger partial charge is 2.00 e. The van der Waals surface area contributed by atoms with Gasteiger partial charge in [-0.2, -0.15) is 0 Å². The standard InChI is InChI=1S/C20H32O5.C20H34O3.2C6H14N2O2.Mg/c1-2-3-8-12-17(21)13-9-6-4-5-7-10-14-18(22)19(23)15-11-16-20(24)25;1-3-5-11-14-18(21)15-12-9-7-8-10-13-17-20(23)19(22)16-6-4-2;2*7-4-2-1-3-5(8)6(9)10;/h4-7,9-10,13-14,17-19,21-23H,2-3,8,11-12,15-16H2,1H3,(H,24,25);7-10,12-13,15,17-23H,3-6,11,14,16H2,1-2H3;2*5H,1-4,7-8H2,(H,9,10);/q;;;;+2/p-1/b6-4-,7-5+,13-9+,14-10+;9-7-,10-8+,15-12+,17-13+;;;/t17-,18+,19-;18-,19-,20+;2*5-;/m0000./s1. The third kappa shape index (κ3) is 60.8. The Labute approximate surface area is 430 Å². The van der Waals surface area contributed by atoms with Gasteiger partial charge in [0.05, 0.1) is 61.7 Å². The monoisotopic (exact) mass is 990 g/mol. The maximum absolute atomic E-state index is 10.3. The third-order valence-corrected chi connectivity index (χ3v) is 9.76. The van der Waals surface area contributed by atoms with E-state index in [9.17, 15) is 60.3 Å². The first-order chi connectivity index (χ1) is 32.4. The molecule has 0 aliphatic carbocycles. The van der Waals surface area contributed by atoms with Crippen molar-refractivity contribution >= 4 is 41.0 Å².